The molecule has 2 aliphatic rings. The number of methoxy groups -OCH3 is 1. The van der Waals surface area contributed by atoms with Crippen LogP contribution in [0.3, 0.4) is 0 Å². The van der Waals surface area contributed by atoms with E-state index in [1.165, 1.54) is 23.1 Å². The predicted octanol–water partition coefficient (Wildman–Crippen LogP) is 3.71. The van der Waals surface area contributed by atoms with Crippen LogP contribution in [0.4, 0.5) is 10.5 Å². The number of urea groups is 1. The Labute approximate surface area is 250 Å². The first-order valence-electron chi connectivity index (χ1n) is 13.9. The number of nitrogens with one attached hydrogen (secondary N) is 2. The minimum Gasteiger partial charge on any atom is -0.497 e. The zero-order chi connectivity index (χ0) is 31.1. The number of benzene rings is 3. The van der Waals surface area contributed by atoms with Gasteiger partial charge >= 0.3 is 18.0 Å². The highest BCUT2D eigenvalue weighted by atomic mass is 16.5. The Hall–Kier alpha value is -5.65. The van der Waals surface area contributed by atoms with Crippen LogP contribution in [-0.2, 0) is 20.8 Å². The Kier molecular flexibility index (Phi) is 7.25. The molecule has 12 nitrogen and oxygen atoms in total. The van der Waals surface area contributed by atoms with Crippen molar-refractivity contribution >= 4 is 46.4 Å². The Balaban J connectivity index is 1.40. The summed E-state index contributed by atoms with van der Waals surface area (Å²) in [5.41, 5.74) is 3.23. The minimum atomic E-state index is -1.49. The molecule has 1 saturated heterocycles. The number of carbonyl (C=O) groups excluding carboxylic acids is 3. The van der Waals surface area contributed by atoms with E-state index in [1.54, 1.807) is 25.3 Å². The summed E-state index contributed by atoms with van der Waals surface area (Å²) in [6.45, 7) is 0. The van der Waals surface area contributed by atoms with E-state index in [0.717, 1.165) is 32.6 Å². The number of carboxylic acids is 2. The summed E-state index contributed by atoms with van der Waals surface area (Å²) in [5, 5.41) is 21.8. The Bertz CT molecular complexity index is 1810. The molecule has 0 aliphatic carbocycles. The lowest BCUT2D eigenvalue weighted by Gasteiger charge is -2.36. The van der Waals surface area contributed by atoms with E-state index in [0.29, 0.717) is 5.75 Å². The molecule has 1 fully saturated rings. The molecule has 12 heteroatoms. The molecule has 0 unspecified atom stereocenters. The molecule has 0 saturated carbocycles. The summed E-state index contributed by atoms with van der Waals surface area (Å²) < 4.78 is 5.32. The van der Waals surface area contributed by atoms with Gasteiger partial charge in [0.05, 0.1) is 18.4 Å². The predicted molar refractivity (Wildman–Crippen MR) is 158 cm³/mol. The lowest BCUT2D eigenvalue weighted by atomic mass is 9.89. The van der Waals surface area contributed by atoms with E-state index >= 15 is 0 Å². The number of ether oxygens (including phenoxy) is 1. The van der Waals surface area contributed by atoms with Gasteiger partial charge in [0, 0.05) is 29.4 Å². The van der Waals surface area contributed by atoms with Crippen LogP contribution in [0.1, 0.15) is 46.1 Å². The summed E-state index contributed by atoms with van der Waals surface area (Å²) in [7, 11) is 1.56. The molecule has 4 amide bonds. The molecule has 4 aromatic rings. The van der Waals surface area contributed by atoms with Crippen LogP contribution in [0.5, 0.6) is 5.75 Å². The number of hydrogen-bond acceptors (Lipinski definition) is 6. The maximum atomic E-state index is 14.3. The number of H-pyrrole nitrogens is 1. The highest BCUT2D eigenvalue weighted by Gasteiger charge is 2.53. The first kappa shape index (κ1) is 28.5. The van der Waals surface area contributed by atoms with Crippen molar-refractivity contribution in [3.05, 3.63) is 95.2 Å². The smallest absolute Gasteiger partial charge is 0.332 e. The third-order valence-electron chi connectivity index (χ3n) is 8.12. The lowest BCUT2D eigenvalue weighted by Crippen LogP contribution is -2.44. The number of nitrogens with zero attached hydrogens (tertiary/aromatic N) is 2. The number of rotatable bonds is 9. The second kappa shape index (κ2) is 11.2. The largest absolute Gasteiger partial charge is 0.497 e. The van der Waals surface area contributed by atoms with E-state index in [1.807, 2.05) is 36.4 Å². The molecule has 3 heterocycles. The molecule has 0 spiro atoms. The van der Waals surface area contributed by atoms with Crippen molar-refractivity contribution < 1.29 is 38.9 Å². The monoisotopic (exact) mass is 596 g/mol. The number of carbonyl (C=O) groups is 5. The molecule has 3 aromatic carbocycles. The van der Waals surface area contributed by atoms with Gasteiger partial charge < -0.3 is 25.3 Å². The minimum absolute atomic E-state index is 0.00114. The Morgan fingerprint density at radius 3 is 2.41 bits per heavy atom. The highest BCUT2D eigenvalue weighted by Crippen LogP contribution is 2.45. The van der Waals surface area contributed by atoms with Crippen LogP contribution in [0.15, 0.2) is 72.8 Å². The van der Waals surface area contributed by atoms with E-state index in [4.69, 9.17) is 9.84 Å². The number of para-hydroxylation sites is 2. The molecular formula is C32H28N4O8. The van der Waals surface area contributed by atoms with Gasteiger partial charge in [-0.25, -0.2) is 14.5 Å². The maximum Gasteiger partial charge on any atom is 0.332 e. The SMILES string of the molecule is COc1ccc([C@@H]2c3[nH]c4ccccc4c3C[C@H]3C(=O)N(c4ccccc4C(=O)N[C@@H](CCC(=O)O)C(=O)O)C(=O)N23)cc1. The van der Waals surface area contributed by atoms with Crippen molar-refractivity contribution in [2.45, 2.75) is 37.4 Å². The van der Waals surface area contributed by atoms with Gasteiger partial charge in [-0.05, 0) is 47.9 Å². The quantitative estimate of drug-likeness (QED) is 0.212. The van der Waals surface area contributed by atoms with E-state index in [-0.39, 0.29) is 24.1 Å². The van der Waals surface area contributed by atoms with Crippen LogP contribution < -0.4 is 15.0 Å². The van der Waals surface area contributed by atoms with Gasteiger partial charge in [0.2, 0.25) is 0 Å². The number of aliphatic carboxylic acids is 2. The van der Waals surface area contributed by atoms with Crippen LogP contribution >= 0.6 is 0 Å². The van der Waals surface area contributed by atoms with Crippen LogP contribution in [0.2, 0.25) is 0 Å². The number of anilines is 1. The van der Waals surface area contributed by atoms with Gasteiger partial charge in [0.15, 0.2) is 0 Å². The van der Waals surface area contributed by atoms with Crippen molar-refractivity contribution in [3.8, 4) is 5.75 Å². The summed E-state index contributed by atoms with van der Waals surface area (Å²) in [5.74, 6) is -3.36. The van der Waals surface area contributed by atoms with E-state index in [2.05, 4.69) is 10.3 Å². The van der Waals surface area contributed by atoms with Crippen molar-refractivity contribution in [1.82, 2.24) is 15.2 Å². The summed E-state index contributed by atoms with van der Waals surface area (Å²) >= 11 is 0. The molecule has 44 heavy (non-hydrogen) atoms. The molecule has 6 rings (SSSR count). The number of fused-ring (bicyclic) bond motifs is 4. The van der Waals surface area contributed by atoms with Gasteiger partial charge in [-0.2, -0.15) is 0 Å². The second-order valence-electron chi connectivity index (χ2n) is 10.6. The fourth-order valence-corrected chi connectivity index (χ4v) is 6.05. The number of imide groups is 1. The first-order chi connectivity index (χ1) is 21.2. The zero-order valence-corrected chi connectivity index (χ0v) is 23.5. The molecule has 4 N–H and O–H groups in total. The normalized spacial score (nSPS) is 18.1. The Morgan fingerprint density at radius 1 is 1.00 bits per heavy atom. The average molecular weight is 597 g/mol. The van der Waals surface area contributed by atoms with Gasteiger partial charge in [0.25, 0.3) is 11.8 Å². The van der Waals surface area contributed by atoms with Crippen LogP contribution in [0.25, 0.3) is 10.9 Å². The molecular weight excluding hydrogens is 568 g/mol. The number of aromatic nitrogens is 1. The second-order valence-corrected chi connectivity index (χ2v) is 10.6. The standard InChI is InChI=1S/C32H28N4O8/c1-44-18-12-10-17(11-13-18)28-27-21(19-6-2-4-8-22(19)33-27)16-25-30(40)36(32(43)35(25)28)24-9-5-3-7-20(24)29(39)34-23(31(41)42)14-15-26(37)38/h2-13,23,25,28,33H,14-16H2,1H3,(H,34,39)(H,37,38)(H,41,42)/t23-,25-,28+/m0/s1. The average Bonchev–Trinajstić information content (AvgIpc) is 3.51. The van der Waals surface area contributed by atoms with E-state index < -0.39 is 54.3 Å². The van der Waals surface area contributed by atoms with Crippen molar-refractivity contribution in [3.63, 3.8) is 0 Å². The molecule has 1 aromatic heterocycles. The fraction of sp³-hybridized carbons (Fsp3) is 0.219. The molecule has 224 valence electrons. The third kappa shape index (κ3) is 4.79. The topological polar surface area (TPSA) is 169 Å². The van der Waals surface area contributed by atoms with Gasteiger partial charge in [-0.15, -0.1) is 0 Å². The van der Waals surface area contributed by atoms with Crippen molar-refractivity contribution in [2.75, 3.05) is 12.0 Å². The van der Waals surface area contributed by atoms with Crippen molar-refractivity contribution in [1.29, 1.82) is 0 Å². The summed E-state index contributed by atoms with van der Waals surface area (Å²) in [4.78, 5) is 70.4. The van der Waals surface area contributed by atoms with Gasteiger partial charge in [-0.1, -0.05) is 42.5 Å². The van der Waals surface area contributed by atoms with Gasteiger partial charge in [0.1, 0.15) is 23.9 Å². The maximum absolute atomic E-state index is 14.3. The number of amides is 4. The molecule has 0 radical (unpaired) electrons. The first-order valence-corrected chi connectivity index (χ1v) is 13.9. The molecule has 2 aliphatic heterocycles. The Morgan fingerprint density at radius 2 is 1.70 bits per heavy atom. The number of hydrogen-bond donors (Lipinski definition) is 4. The number of aromatic amines is 1. The fourth-order valence-electron chi connectivity index (χ4n) is 6.05. The van der Waals surface area contributed by atoms with Crippen molar-refractivity contribution in [2.24, 2.45) is 0 Å². The highest BCUT2D eigenvalue weighted by molar-refractivity contribution is 6.24. The van der Waals surface area contributed by atoms with E-state index in [9.17, 15) is 29.1 Å². The van der Waals surface area contributed by atoms with Gasteiger partial charge in [-0.3, -0.25) is 19.3 Å². The van der Waals surface area contributed by atoms with Crippen LogP contribution in [-0.4, -0.2) is 69.1 Å². The number of carboxylic acid groups (broad SMARTS) is 2. The molecule has 0 bridgehead atoms. The van der Waals surface area contributed by atoms with Crippen LogP contribution in [0, 0.1) is 0 Å². The summed E-state index contributed by atoms with van der Waals surface area (Å²) in [6, 6.07) is 17.3. The molecule has 3 atom stereocenters. The zero-order valence-electron chi connectivity index (χ0n) is 23.5. The summed E-state index contributed by atoms with van der Waals surface area (Å²) in [6.07, 6.45) is -0.566. The lowest BCUT2D eigenvalue weighted by molar-refractivity contribution is -0.140. The third-order valence-corrected chi connectivity index (χ3v) is 8.12.